The number of nitrogens with zero attached hydrogens (tertiary/aromatic N) is 1. The third-order valence-corrected chi connectivity index (χ3v) is 11.7. The summed E-state index contributed by atoms with van der Waals surface area (Å²) in [4.78, 5) is 16.1. The fourth-order valence-corrected chi connectivity index (χ4v) is 8.91. The molecule has 3 aromatic rings. The maximum Gasteiger partial charge on any atom is 0.252 e. The molecule has 0 atom stereocenters. The number of thiophene rings is 1. The summed E-state index contributed by atoms with van der Waals surface area (Å²) in [6.45, 7) is 1.10. The lowest BCUT2D eigenvalue weighted by atomic mass is 9.91. The van der Waals surface area contributed by atoms with Crippen molar-refractivity contribution < 1.29 is 22.3 Å². The van der Waals surface area contributed by atoms with Crippen LogP contribution in [0.2, 0.25) is 0 Å². The summed E-state index contributed by atoms with van der Waals surface area (Å²) in [6, 6.07) is 7.05. The van der Waals surface area contributed by atoms with Gasteiger partial charge >= 0.3 is 0 Å². The predicted octanol–water partition coefficient (Wildman–Crippen LogP) is 4.02. The lowest BCUT2D eigenvalue weighted by Crippen LogP contribution is -2.41. The van der Waals surface area contributed by atoms with E-state index in [2.05, 4.69) is 4.98 Å². The van der Waals surface area contributed by atoms with E-state index in [0.717, 1.165) is 27.8 Å². The van der Waals surface area contributed by atoms with Crippen molar-refractivity contribution in [1.82, 2.24) is 9.29 Å². The van der Waals surface area contributed by atoms with Gasteiger partial charge in [0.2, 0.25) is 0 Å². The smallest absolute Gasteiger partial charge is 0.252 e. The van der Waals surface area contributed by atoms with Crippen LogP contribution in [0.5, 0.6) is 0 Å². The minimum absolute atomic E-state index is 0.144. The van der Waals surface area contributed by atoms with Crippen molar-refractivity contribution in [3.8, 4) is 10.4 Å². The number of carbonyl (C=O) groups excluding carboxylic acids is 1. The van der Waals surface area contributed by atoms with E-state index in [1.807, 2.05) is 12.3 Å². The molecule has 1 aromatic carbocycles. The van der Waals surface area contributed by atoms with Crippen molar-refractivity contribution in [3.05, 3.63) is 41.6 Å². The van der Waals surface area contributed by atoms with Crippen LogP contribution in [0.4, 0.5) is 0 Å². The fraction of sp³-hybridized carbons (Fsp3) is 0.381. The fourth-order valence-electron chi connectivity index (χ4n) is 4.42. The molecule has 2 aliphatic heterocycles. The monoisotopic (exact) mass is 495 g/mol. The molecular weight excluding hydrogens is 470 g/mol. The number of hydrogen-bond donors (Lipinski definition) is 4. The van der Waals surface area contributed by atoms with Crippen molar-refractivity contribution in [2.45, 2.75) is 29.4 Å². The number of amides is 1. The summed E-state index contributed by atoms with van der Waals surface area (Å²) >= 11 is 1.19. The van der Waals surface area contributed by atoms with Crippen molar-refractivity contribution >= 4 is 48.8 Å². The van der Waals surface area contributed by atoms with E-state index >= 15 is 0 Å². The Hall–Kier alpha value is -1.89. The van der Waals surface area contributed by atoms with Crippen LogP contribution >= 0.6 is 21.9 Å². The van der Waals surface area contributed by atoms with Gasteiger partial charge < -0.3 is 10.7 Å². The quantitative estimate of drug-likeness (QED) is 0.424. The zero-order valence-electron chi connectivity index (χ0n) is 17.3. The topological polar surface area (TPSA) is 137 Å². The first-order chi connectivity index (χ1) is 15.2. The van der Waals surface area contributed by atoms with Crippen LogP contribution in [0.15, 0.2) is 34.7 Å². The van der Waals surface area contributed by atoms with Crippen molar-refractivity contribution in [3.63, 3.8) is 0 Å². The first kappa shape index (κ1) is 21.9. The Bertz CT molecular complexity index is 1300. The van der Waals surface area contributed by atoms with Gasteiger partial charge in [0.15, 0.2) is 0 Å². The average molecular weight is 496 g/mol. The Morgan fingerprint density at radius 3 is 2.53 bits per heavy atom. The number of rotatable bonds is 5. The Balaban J connectivity index is 1.56. The number of nitrogens with two attached hydrogens (primary N) is 1. The second-order valence-corrected chi connectivity index (χ2v) is 14.1. The molecule has 0 saturated carbocycles. The summed E-state index contributed by atoms with van der Waals surface area (Å²) < 4.78 is 47.2. The number of fused-ring (bicyclic) bond motifs is 1. The van der Waals surface area contributed by atoms with Crippen LogP contribution in [-0.2, 0) is 10.0 Å². The maximum atomic E-state index is 12.7. The molecule has 4 heterocycles. The number of sulfonamides is 1. The van der Waals surface area contributed by atoms with E-state index in [9.17, 15) is 22.3 Å². The summed E-state index contributed by atoms with van der Waals surface area (Å²) in [5.41, 5.74) is 8.43. The highest BCUT2D eigenvalue weighted by Gasteiger charge is 2.31. The molecule has 2 fully saturated rings. The minimum atomic E-state index is -3.47. The molecular formula is C21H25N3O5S3. The molecule has 32 heavy (non-hydrogen) atoms. The molecule has 11 heteroatoms. The predicted molar refractivity (Wildman–Crippen MR) is 128 cm³/mol. The molecule has 0 spiro atoms. The van der Waals surface area contributed by atoms with Gasteiger partial charge in [-0.05, 0) is 60.6 Å². The van der Waals surface area contributed by atoms with Crippen molar-refractivity contribution in [2.24, 2.45) is 5.73 Å². The second kappa shape index (κ2) is 7.86. The van der Waals surface area contributed by atoms with E-state index in [1.165, 1.54) is 15.6 Å². The van der Waals surface area contributed by atoms with E-state index in [4.69, 9.17) is 5.73 Å². The molecule has 0 bridgehead atoms. The highest BCUT2D eigenvalue weighted by Crippen LogP contribution is 2.49. The van der Waals surface area contributed by atoms with Crippen LogP contribution in [0.1, 0.15) is 41.1 Å². The Labute approximate surface area is 191 Å². The largest absolute Gasteiger partial charge is 0.366 e. The number of aromatic amines is 1. The maximum absolute atomic E-state index is 12.7. The van der Waals surface area contributed by atoms with Crippen molar-refractivity contribution in [1.29, 1.82) is 0 Å². The Morgan fingerprint density at radius 1 is 1.19 bits per heavy atom. The third kappa shape index (κ3) is 3.76. The normalized spacial score (nSPS) is 20.8. The van der Waals surface area contributed by atoms with Crippen LogP contribution in [0.25, 0.3) is 21.3 Å². The molecule has 5 rings (SSSR count). The molecule has 5 N–H and O–H groups in total. The Kier molecular flexibility index (Phi) is 5.38. The first-order valence-electron chi connectivity index (χ1n) is 10.4. The van der Waals surface area contributed by atoms with Gasteiger partial charge in [-0.25, -0.2) is 8.42 Å². The molecule has 8 nitrogen and oxygen atoms in total. The summed E-state index contributed by atoms with van der Waals surface area (Å²) in [6.07, 6.45) is 4.06. The van der Waals surface area contributed by atoms with Gasteiger partial charge in [0, 0.05) is 41.1 Å². The van der Waals surface area contributed by atoms with Gasteiger partial charge in [-0.3, -0.25) is 13.9 Å². The van der Waals surface area contributed by atoms with E-state index in [0.29, 0.717) is 52.7 Å². The highest BCUT2D eigenvalue weighted by atomic mass is 32.3. The molecule has 0 aliphatic carbocycles. The van der Waals surface area contributed by atoms with Crippen LogP contribution in [0.3, 0.4) is 0 Å². The van der Waals surface area contributed by atoms with Crippen LogP contribution in [0, 0.1) is 0 Å². The molecule has 1 amide bonds. The number of H-pyrrole nitrogens is 1. The zero-order chi connectivity index (χ0) is 22.7. The van der Waals surface area contributed by atoms with Gasteiger partial charge in [0.1, 0.15) is 4.21 Å². The lowest BCUT2D eigenvalue weighted by Gasteiger charge is -2.39. The van der Waals surface area contributed by atoms with Gasteiger partial charge in [-0.2, -0.15) is 14.9 Å². The van der Waals surface area contributed by atoms with Gasteiger partial charge in [-0.1, -0.05) is 0 Å². The van der Waals surface area contributed by atoms with Crippen molar-refractivity contribution in [2.75, 3.05) is 24.6 Å². The van der Waals surface area contributed by atoms with Gasteiger partial charge in [-0.15, -0.1) is 11.3 Å². The number of hydrogen-bond acceptors (Lipinski definition) is 6. The van der Waals surface area contributed by atoms with Gasteiger partial charge in [0.05, 0.1) is 11.1 Å². The first-order valence-corrected chi connectivity index (χ1v) is 14.6. The molecule has 0 radical (unpaired) electrons. The molecule has 0 unspecified atom stereocenters. The van der Waals surface area contributed by atoms with Gasteiger partial charge in [0.25, 0.3) is 15.9 Å². The zero-order valence-corrected chi connectivity index (χ0v) is 19.7. The molecule has 2 saturated heterocycles. The summed E-state index contributed by atoms with van der Waals surface area (Å²) in [5, 5.41) is 0.861. The average Bonchev–Trinajstić information content (AvgIpc) is 3.33. The second-order valence-electron chi connectivity index (χ2n) is 8.42. The number of aromatic nitrogens is 1. The van der Waals surface area contributed by atoms with Crippen LogP contribution < -0.4 is 5.73 Å². The molecule has 172 valence electrons. The molecule has 2 aromatic heterocycles. The van der Waals surface area contributed by atoms with Crippen LogP contribution in [-0.4, -0.2) is 57.3 Å². The number of primary amides is 1. The number of nitrogens with one attached hydrogen (secondary N) is 1. The highest BCUT2D eigenvalue weighted by molar-refractivity contribution is 8.24. The van der Waals surface area contributed by atoms with E-state index < -0.39 is 26.5 Å². The third-order valence-electron chi connectivity index (χ3n) is 6.39. The van der Waals surface area contributed by atoms with E-state index in [1.54, 1.807) is 18.2 Å². The molecule has 2 aliphatic rings. The summed E-state index contributed by atoms with van der Waals surface area (Å²) in [5.74, 6) is 0.323. The lowest BCUT2D eigenvalue weighted by molar-refractivity contribution is 0.100. The minimum Gasteiger partial charge on any atom is -0.366 e. The number of benzene rings is 1. The number of carbonyl (C=O) groups is 1. The Morgan fingerprint density at radius 2 is 1.91 bits per heavy atom. The SMILES string of the molecule is NC(=O)c1cc(-c2ccc(S(=O)(=O)N3CCC3)s2)cc2c(C3CCS(O)(O)CC3)c[nH]c12. The summed E-state index contributed by atoms with van der Waals surface area (Å²) in [7, 11) is -5.97. The van der Waals surface area contributed by atoms with E-state index in [-0.39, 0.29) is 5.92 Å². The standard InChI is InChI=1S/C21H25N3O5S3/c22-21(25)16-11-14(18-2-3-19(30-18)32(28,29)24-6-1-7-24)10-15-17(12-23-20(15)16)13-4-8-31(26,27)9-5-13/h2-3,10-13,23,26-27H,1,4-9H2,(H2,22,25).